The Bertz CT molecular complexity index is 317. The van der Waals surface area contributed by atoms with Crippen LogP contribution in [0.5, 0.6) is 0 Å². The van der Waals surface area contributed by atoms with E-state index in [0.717, 1.165) is 24.3 Å². The second-order valence-corrected chi connectivity index (χ2v) is 5.20. The van der Waals surface area contributed by atoms with Gasteiger partial charge < -0.3 is 4.52 Å². The summed E-state index contributed by atoms with van der Waals surface area (Å²) in [6.45, 7) is 2.20. The summed E-state index contributed by atoms with van der Waals surface area (Å²) >= 11 is 0. The molecule has 0 N–H and O–H groups in total. The minimum Gasteiger partial charge on any atom is -0.360 e. The molecule has 88 valence electrons. The molecule has 1 aromatic heterocycles. The van der Waals surface area contributed by atoms with Crippen molar-refractivity contribution in [3.63, 3.8) is 0 Å². The Hall–Kier alpha value is -0.830. The van der Waals surface area contributed by atoms with Crippen molar-refractivity contribution >= 4 is 0 Å². The van der Waals surface area contributed by atoms with Gasteiger partial charge in [0.05, 0.1) is 12.7 Å². The lowest BCUT2D eigenvalue weighted by Gasteiger charge is -2.28. The van der Waals surface area contributed by atoms with Crippen LogP contribution in [0.2, 0.25) is 0 Å². The molecule has 1 aromatic rings. The Morgan fingerprint density at radius 2 is 2.12 bits per heavy atom. The van der Waals surface area contributed by atoms with Crippen molar-refractivity contribution in [2.24, 2.45) is 5.92 Å². The van der Waals surface area contributed by atoms with Crippen LogP contribution in [0.1, 0.15) is 44.3 Å². The van der Waals surface area contributed by atoms with E-state index in [1.165, 1.54) is 45.1 Å². The van der Waals surface area contributed by atoms with Crippen LogP contribution in [0.3, 0.4) is 0 Å². The molecule has 0 bridgehead atoms. The number of nitrogens with zero attached hydrogens (tertiary/aromatic N) is 2. The molecule has 3 nitrogen and oxygen atoms in total. The molecular weight excluding hydrogens is 200 g/mol. The van der Waals surface area contributed by atoms with Crippen molar-refractivity contribution in [3.05, 3.63) is 18.0 Å². The second-order valence-electron chi connectivity index (χ2n) is 5.20. The van der Waals surface area contributed by atoms with Gasteiger partial charge in [-0.1, -0.05) is 18.0 Å². The third-order valence-electron chi connectivity index (χ3n) is 4.21. The number of rotatable bonds is 3. The zero-order chi connectivity index (χ0) is 10.8. The SMILES string of the molecule is c1cc(CN2CCCC2C2CCCC2)on1. The normalized spacial score (nSPS) is 27.9. The van der Waals surface area contributed by atoms with Crippen molar-refractivity contribution in [1.82, 2.24) is 10.1 Å². The standard InChI is InChI=1S/C13H20N2O/c1-2-5-11(4-1)13-6-3-9-15(13)10-12-7-8-14-16-12/h7-8,11,13H,1-6,9-10H2. The van der Waals surface area contributed by atoms with Gasteiger partial charge in [-0.05, 0) is 38.1 Å². The highest BCUT2D eigenvalue weighted by Crippen LogP contribution is 2.35. The smallest absolute Gasteiger partial charge is 0.150 e. The van der Waals surface area contributed by atoms with Gasteiger partial charge in [0.15, 0.2) is 5.76 Å². The van der Waals surface area contributed by atoms with Gasteiger partial charge in [-0.3, -0.25) is 4.90 Å². The molecule has 16 heavy (non-hydrogen) atoms. The van der Waals surface area contributed by atoms with E-state index in [1.807, 2.05) is 6.07 Å². The van der Waals surface area contributed by atoms with Crippen LogP contribution >= 0.6 is 0 Å². The zero-order valence-corrected chi connectivity index (χ0v) is 9.77. The predicted molar refractivity (Wildman–Crippen MR) is 61.9 cm³/mol. The van der Waals surface area contributed by atoms with Crippen LogP contribution in [0, 0.1) is 5.92 Å². The van der Waals surface area contributed by atoms with Crippen molar-refractivity contribution in [2.75, 3.05) is 6.54 Å². The molecule has 2 fully saturated rings. The first-order valence-corrected chi connectivity index (χ1v) is 6.57. The van der Waals surface area contributed by atoms with Crippen molar-refractivity contribution < 1.29 is 4.52 Å². The third kappa shape index (κ3) is 2.01. The average molecular weight is 220 g/mol. The summed E-state index contributed by atoms with van der Waals surface area (Å²) in [5.41, 5.74) is 0. The molecule has 0 aromatic carbocycles. The summed E-state index contributed by atoms with van der Waals surface area (Å²) in [5.74, 6) is 1.97. The van der Waals surface area contributed by atoms with Gasteiger partial charge in [0.25, 0.3) is 0 Å². The molecule has 1 aliphatic heterocycles. The lowest BCUT2D eigenvalue weighted by atomic mass is 9.96. The largest absolute Gasteiger partial charge is 0.360 e. The first-order valence-electron chi connectivity index (χ1n) is 6.57. The van der Waals surface area contributed by atoms with Crippen molar-refractivity contribution in [2.45, 2.75) is 51.1 Å². The van der Waals surface area contributed by atoms with Crippen LogP contribution in [0.4, 0.5) is 0 Å². The Kier molecular flexibility index (Phi) is 2.96. The molecule has 3 rings (SSSR count). The van der Waals surface area contributed by atoms with E-state index in [-0.39, 0.29) is 0 Å². The highest BCUT2D eigenvalue weighted by molar-refractivity contribution is 4.96. The predicted octanol–water partition coefficient (Wildman–Crippen LogP) is 2.83. The first-order chi connectivity index (χ1) is 7.93. The van der Waals surface area contributed by atoms with E-state index >= 15 is 0 Å². The molecule has 0 amide bonds. The summed E-state index contributed by atoms with van der Waals surface area (Å²) < 4.78 is 5.21. The molecule has 1 unspecified atom stereocenters. The fourth-order valence-corrected chi connectivity index (χ4v) is 3.45. The van der Waals surface area contributed by atoms with E-state index in [9.17, 15) is 0 Å². The van der Waals surface area contributed by atoms with Gasteiger partial charge in [-0.2, -0.15) is 0 Å². The molecular formula is C13H20N2O. The molecule has 1 saturated carbocycles. The summed E-state index contributed by atoms with van der Waals surface area (Å²) in [7, 11) is 0. The molecule has 0 spiro atoms. The van der Waals surface area contributed by atoms with Crippen LogP contribution in [0.25, 0.3) is 0 Å². The molecule has 1 aliphatic carbocycles. The summed E-state index contributed by atoms with van der Waals surface area (Å²) in [6.07, 6.45) is 10.3. The van der Waals surface area contributed by atoms with E-state index in [2.05, 4.69) is 10.1 Å². The van der Waals surface area contributed by atoms with Gasteiger partial charge in [0, 0.05) is 12.1 Å². The highest BCUT2D eigenvalue weighted by Gasteiger charge is 2.33. The van der Waals surface area contributed by atoms with E-state index in [4.69, 9.17) is 4.52 Å². The number of hydrogen-bond acceptors (Lipinski definition) is 3. The van der Waals surface area contributed by atoms with Crippen LogP contribution < -0.4 is 0 Å². The third-order valence-corrected chi connectivity index (χ3v) is 4.21. The van der Waals surface area contributed by atoms with Gasteiger partial charge in [-0.25, -0.2) is 0 Å². The van der Waals surface area contributed by atoms with E-state index in [1.54, 1.807) is 6.20 Å². The fraction of sp³-hybridized carbons (Fsp3) is 0.769. The minimum atomic E-state index is 0.813. The quantitative estimate of drug-likeness (QED) is 0.784. The first kappa shape index (κ1) is 10.3. The Morgan fingerprint density at radius 1 is 1.25 bits per heavy atom. The van der Waals surface area contributed by atoms with Crippen LogP contribution in [-0.4, -0.2) is 22.6 Å². The van der Waals surface area contributed by atoms with E-state index in [0.29, 0.717) is 0 Å². The van der Waals surface area contributed by atoms with E-state index < -0.39 is 0 Å². The molecule has 3 heteroatoms. The Morgan fingerprint density at radius 3 is 2.88 bits per heavy atom. The van der Waals surface area contributed by atoms with Gasteiger partial charge >= 0.3 is 0 Å². The highest BCUT2D eigenvalue weighted by atomic mass is 16.5. The number of hydrogen-bond donors (Lipinski definition) is 0. The maximum absolute atomic E-state index is 5.21. The average Bonchev–Trinajstić information content (AvgIpc) is 2.98. The molecule has 1 saturated heterocycles. The Balaban J connectivity index is 1.64. The lowest BCUT2D eigenvalue weighted by Crippen LogP contribution is -2.34. The van der Waals surface area contributed by atoms with Crippen LogP contribution in [-0.2, 0) is 6.54 Å². The van der Waals surface area contributed by atoms with Gasteiger partial charge in [0.1, 0.15) is 0 Å². The number of likely N-dealkylation sites (tertiary alicyclic amines) is 1. The molecule has 0 radical (unpaired) electrons. The number of aromatic nitrogens is 1. The molecule has 2 aliphatic rings. The summed E-state index contributed by atoms with van der Waals surface area (Å²) in [6, 6.07) is 2.80. The monoisotopic (exact) mass is 220 g/mol. The fourth-order valence-electron chi connectivity index (χ4n) is 3.45. The molecule has 2 heterocycles. The van der Waals surface area contributed by atoms with Gasteiger partial charge in [-0.15, -0.1) is 0 Å². The van der Waals surface area contributed by atoms with Crippen molar-refractivity contribution in [3.8, 4) is 0 Å². The Labute approximate surface area is 96.8 Å². The van der Waals surface area contributed by atoms with Gasteiger partial charge in [0.2, 0.25) is 0 Å². The maximum Gasteiger partial charge on any atom is 0.150 e. The minimum absolute atomic E-state index is 0.813. The maximum atomic E-state index is 5.21. The van der Waals surface area contributed by atoms with Crippen molar-refractivity contribution in [1.29, 1.82) is 0 Å². The zero-order valence-electron chi connectivity index (χ0n) is 9.77. The summed E-state index contributed by atoms with van der Waals surface area (Å²) in [4.78, 5) is 2.61. The summed E-state index contributed by atoms with van der Waals surface area (Å²) in [5, 5.41) is 3.79. The molecule has 1 atom stereocenters. The lowest BCUT2D eigenvalue weighted by molar-refractivity contribution is 0.166. The van der Waals surface area contributed by atoms with Crippen LogP contribution in [0.15, 0.2) is 16.8 Å². The topological polar surface area (TPSA) is 29.3 Å². The second kappa shape index (κ2) is 4.58.